The molecule has 2 N–H and O–H groups in total. The average molecular weight is 199 g/mol. The third kappa shape index (κ3) is 2.69. The normalized spacial score (nSPS) is 21.3. The van der Waals surface area contributed by atoms with Gasteiger partial charge in [0.2, 0.25) is 6.41 Å². The summed E-state index contributed by atoms with van der Waals surface area (Å²) in [6, 6.07) is 0.462. The van der Waals surface area contributed by atoms with E-state index in [-0.39, 0.29) is 0 Å². The number of carbonyl (C=O) groups is 1. The van der Waals surface area contributed by atoms with Crippen molar-refractivity contribution in [2.75, 3.05) is 32.7 Å². The van der Waals surface area contributed by atoms with Gasteiger partial charge in [-0.2, -0.15) is 0 Å². The molecule has 0 saturated carbocycles. The van der Waals surface area contributed by atoms with Gasteiger partial charge in [0.1, 0.15) is 0 Å². The van der Waals surface area contributed by atoms with E-state index in [1.807, 2.05) is 4.90 Å². The van der Waals surface area contributed by atoms with E-state index in [4.69, 9.17) is 5.73 Å². The third-order valence-electron chi connectivity index (χ3n) is 2.98. The Morgan fingerprint density at radius 1 is 1.29 bits per heavy atom. The fourth-order valence-corrected chi connectivity index (χ4v) is 2.02. The number of hydrogen-bond donors (Lipinski definition) is 1. The van der Waals surface area contributed by atoms with Crippen molar-refractivity contribution in [3.63, 3.8) is 0 Å². The molecule has 4 nitrogen and oxygen atoms in total. The van der Waals surface area contributed by atoms with E-state index in [0.29, 0.717) is 18.5 Å². The number of piperazine rings is 1. The molecule has 14 heavy (non-hydrogen) atoms. The van der Waals surface area contributed by atoms with E-state index in [9.17, 15) is 4.79 Å². The molecule has 0 aliphatic carbocycles. The van der Waals surface area contributed by atoms with Gasteiger partial charge in [0.05, 0.1) is 0 Å². The minimum atomic E-state index is 0.462. The first-order valence-electron chi connectivity index (χ1n) is 5.32. The molecule has 1 fully saturated rings. The van der Waals surface area contributed by atoms with Crippen LogP contribution in [0, 0.1) is 5.92 Å². The smallest absolute Gasteiger partial charge is 0.209 e. The van der Waals surface area contributed by atoms with Crippen LogP contribution in [-0.2, 0) is 4.79 Å². The zero-order chi connectivity index (χ0) is 10.6. The van der Waals surface area contributed by atoms with Crippen molar-refractivity contribution in [3.8, 4) is 0 Å². The Kier molecular flexibility index (Phi) is 4.35. The largest absolute Gasteiger partial charge is 0.343 e. The zero-order valence-electron chi connectivity index (χ0n) is 9.15. The number of rotatable bonds is 4. The molecule has 1 rings (SSSR count). The highest BCUT2D eigenvalue weighted by atomic mass is 16.1. The lowest BCUT2D eigenvalue weighted by Crippen LogP contribution is -2.53. The molecular weight excluding hydrogens is 178 g/mol. The molecule has 0 bridgehead atoms. The van der Waals surface area contributed by atoms with Gasteiger partial charge in [-0.3, -0.25) is 9.69 Å². The number of amides is 1. The maximum absolute atomic E-state index is 10.5. The molecule has 82 valence electrons. The summed E-state index contributed by atoms with van der Waals surface area (Å²) in [6.45, 7) is 8.70. The Balaban J connectivity index is 2.43. The van der Waals surface area contributed by atoms with Crippen LogP contribution in [0.2, 0.25) is 0 Å². The molecule has 1 amide bonds. The maximum Gasteiger partial charge on any atom is 0.209 e. The lowest BCUT2D eigenvalue weighted by molar-refractivity contribution is -0.120. The van der Waals surface area contributed by atoms with Crippen molar-refractivity contribution in [3.05, 3.63) is 0 Å². The van der Waals surface area contributed by atoms with Crippen molar-refractivity contribution in [2.24, 2.45) is 11.7 Å². The average Bonchev–Trinajstić information content (AvgIpc) is 2.19. The Labute approximate surface area is 86.0 Å². The van der Waals surface area contributed by atoms with Crippen LogP contribution in [0.25, 0.3) is 0 Å². The monoisotopic (exact) mass is 199 g/mol. The van der Waals surface area contributed by atoms with Crippen molar-refractivity contribution < 1.29 is 4.79 Å². The summed E-state index contributed by atoms with van der Waals surface area (Å²) < 4.78 is 0. The minimum Gasteiger partial charge on any atom is -0.343 e. The van der Waals surface area contributed by atoms with Crippen LogP contribution < -0.4 is 5.73 Å². The van der Waals surface area contributed by atoms with Gasteiger partial charge >= 0.3 is 0 Å². The minimum absolute atomic E-state index is 0.462. The first kappa shape index (κ1) is 11.5. The Hall–Kier alpha value is -0.610. The SMILES string of the molecule is CC(C)C(CN)N1CCN(C=O)CC1. The second-order valence-electron chi connectivity index (χ2n) is 4.22. The molecule has 0 radical (unpaired) electrons. The Morgan fingerprint density at radius 2 is 1.86 bits per heavy atom. The van der Waals surface area contributed by atoms with Crippen molar-refractivity contribution >= 4 is 6.41 Å². The first-order chi connectivity index (χ1) is 6.69. The van der Waals surface area contributed by atoms with E-state index < -0.39 is 0 Å². The molecule has 0 aromatic carbocycles. The van der Waals surface area contributed by atoms with Crippen molar-refractivity contribution in [2.45, 2.75) is 19.9 Å². The third-order valence-corrected chi connectivity index (χ3v) is 2.98. The molecule has 1 atom stereocenters. The lowest BCUT2D eigenvalue weighted by Gasteiger charge is -2.39. The van der Waals surface area contributed by atoms with E-state index in [0.717, 1.165) is 32.6 Å². The van der Waals surface area contributed by atoms with Gasteiger partial charge in [-0.1, -0.05) is 13.8 Å². The van der Waals surface area contributed by atoms with Crippen molar-refractivity contribution in [1.82, 2.24) is 9.80 Å². The van der Waals surface area contributed by atoms with Crippen LogP contribution in [-0.4, -0.2) is 55.0 Å². The number of nitrogens with two attached hydrogens (primary N) is 1. The quantitative estimate of drug-likeness (QED) is 0.635. The van der Waals surface area contributed by atoms with Gasteiger partial charge in [-0.25, -0.2) is 0 Å². The van der Waals surface area contributed by atoms with Crippen LogP contribution >= 0.6 is 0 Å². The summed E-state index contributed by atoms with van der Waals surface area (Å²) in [6.07, 6.45) is 0.935. The van der Waals surface area contributed by atoms with Gasteiger partial charge in [-0.15, -0.1) is 0 Å². The summed E-state index contributed by atoms with van der Waals surface area (Å²) in [4.78, 5) is 14.7. The van der Waals surface area contributed by atoms with E-state index >= 15 is 0 Å². The standard InChI is InChI=1S/C10H21N3O/c1-9(2)10(7-11)13-5-3-12(8-14)4-6-13/h8-10H,3-7,11H2,1-2H3. The van der Waals surface area contributed by atoms with Gasteiger partial charge in [0.25, 0.3) is 0 Å². The second-order valence-corrected chi connectivity index (χ2v) is 4.22. The predicted molar refractivity (Wildman–Crippen MR) is 56.9 cm³/mol. The molecule has 0 aromatic rings. The molecule has 4 heteroatoms. The summed E-state index contributed by atoms with van der Waals surface area (Å²) in [5, 5.41) is 0. The lowest BCUT2D eigenvalue weighted by atomic mass is 10.0. The van der Waals surface area contributed by atoms with E-state index in [2.05, 4.69) is 18.7 Å². The number of carbonyl (C=O) groups excluding carboxylic acids is 1. The zero-order valence-corrected chi connectivity index (χ0v) is 9.15. The van der Waals surface area contributed by atoms with E-state index in [1.165, 1.54) is 0 Å². The van der Waals surface area contributed by atoms with Gasteiger partial charge in [0.15, 0.2) is 0 Å². The van der Waals surface area contributed by atoms with Gasteiger partial charge < -0.3 is 10.6 Å². The molecule has 0 spiro atoms. The molecular formula is C10H21N3O. The topological polar surface area (TPSA) is 49.6 Å². The molecule has 1 saturated heterocycles. The summed E-state index contributed by atoms with van der Waals surface area (Å²) in [7, 11) is 0. The second kappa shape index (κ2) is 5.32. The summed E-state index contributed by atoms with van der Waals surface area (Å²) >= 11 is 0. The van der Waals surface area contributed by atoms with Gasteiger partial charge in [0, 0.05) is 38.8 Å². The molecule has 1 aliphatic heterocycles. The number of hydrogen-bond acceptors (Lipinski definition) is 3. The summed E-state index contributed by atoms with van der Waals surface area (Å²) in [5.74, 6) is 0.586. The fourth-order valence-electron chi connectivity index (χ4n) is 2.02. The highest BCUT2D eigenvalue weighted by molar-refractivity contribution is 5.47. The predicted octanol–water partition coefficient (Wildman–Crippen LogP) is -0.256. The highest BCUT2D eigenvalue weighted by Gasteiger charge is 2.24. The van der Waals surface area contributed by atoms with Crippen LogP contribution in [0.4, 0.5) is 0 Å². The van der Waals surface area contributed by atoms with Crippen LogP contribution in [0.3, 0.4) is 0 Å². The highest BCUT2D eigenvalue weighted by Crippen LogP contribution is 2.11. The van der Waals surface area contributed by atoms with Crippen molar-refractivity contribution in [1.29, 1.82) is 0 Å². The molecule has 1 unspecified atom stereocenters. The van der Waals surface area contributed by atoms with Crippen LogP contribution in [0.15, 0.2) is 0 Å². The maximum atomic E-state index is 10.5. The molecule has 1 heterocycles. The van der Waals surface area contributed by atoms with Crippen LogP contribution in [0.5, 0.6) is 0 Å². The van der Waals surface area contributed by atoms with E-state index in [1.54, 1.807) is 0 Å². The molecule has 0 aromatic heterocycles. The fraction of sp³-hybridized carbons (Fsp3) is 0.900. The Bertz CT molecular complexity index is 176. The van der Waals surface area contributed by atoms with Crippen LogP contribution in [0.1, 0.15) is 13.8 Å². The molecule has 1 aliphatic rings. The summed E-state index contributed by atoms with van der Waals surface area (Å²) in [5.41, 5.74) is 5.75. The van der Waals surface area contributed by atoms with Gasteiger partial charge in [-0.05, 0) is 5.92 Å². The number of nitrogens with zero attached hydrogens (tertiary/aromatic N) is 2. The first-order valence-corrected chi connectivity index (χ1v) is 5.32. The Morgan fingerprint density at radius 3 is 2.21 bits per heavy atom.